The molecule has 3 nitrogen and oxygen atoms in total. The zero-order valence-corrected chi connectivity index (χ0v) is 12.9. The van der Waals surface area contributed by atoms with Crippen molar-refractivity contribution in [2.24, 2.45) is 5.92 Å². The Kier molecular flexibility index (Phi) is 4.48. The lowest BCUT2D eigenvalue weighted by Gasteiger charge is -2.03. The highest BCUT2D eigenvalue weighted by atomic mass is 16.1. The second-order valence-electron chi connectivity index (χ2n) is 5.90. The molecule has 0 spiro atoms. The Bertz CT molecular complexity index is 635. The molecule has 0 saturated heterocycles. The van der Waals surface area contributed by atoms with E-state index in [0.717, 1.165) is 41.8 Å². The molecule has 0 aliphatic heterocycles. The van der Waals surface area contributed by atoms with Gasteiger partial charge in [0.15, 0.2) is 0 Å². The van der Waals surface area contributed by atoms with Crippen LogP contribution in [0.5, 0.6) is 0 Å². The van der Waals surface area contributed by atoms with Crippen LogP contribution >= 0.6 is 0 Å². The van der Waals surface area contributed by atoms with E-state index in [0.29, 0.717) is 5.92 Å². The van der Waals surface area contributed by atoms with Gasteiger partial charge in [-0.1, -0.05) is 39.3 Å². The molecule has 0 radical (unpaired) electrons. The normalized spacial score (nSPS) is 11.2. The Morgan fingerprint density at radius 2 is 2.05 bits per heavy atom. The molecule has 1 aromatic carbocycles. The molecule has 0 aliphatic rings. The van der Waals surface area contributed by atoms with E-state index >= 15 is 0 Å². The maximum atomic E-state index is 12.6. The molecule has 0 unspecified atom stereocenters. The molecule has 0 fully saturated rings. The predicted octanol–water partition coefficient (Wildman–Crippen LogP) is 3.63. The van der Waals surface area contributed by atoms with Crippen molar-refractivity contribution in [3.8, 4) is 5.69 Å². The highest BCUT2D eigenvalue weighted by molar-refractivity contribution is 5.36. The van der Waals surface area contributed by atoms with E-state index in [1.54, 1.807) is 4.68 Å². The molecule has 108 valence electrons. The predicted molar refractivity (Wildman–Crippen MR) is 83.7 cm³/mol. The lowest BCUT2D eigenvalue weighted by Crippen LogP contribution is -2.18. The van der Waals surface area contributed by atoms with Gasteiger partial charge in [0.25, 0.3) is 5.56 Å². The van der Waals surface area contributed by atoms with Crippen LogP contribution in [0, 0.1) is 12.8 Å². The summed E-state index contributed by atoms with van der Waals surface area (Å²) in [7, 11) is 0. The zero-order chi connectivity index (χ0) is 14.7. The summed E-state index contributed by atoms with van der Waals surface area (Å²) in [5, 5.41) is 3.30. The van der Waals surface area contributed by atoms with Crippen molar-refractivity contribution in [2.75, 3.05) is 0 Å². The van der Waals surface area contributed by atoms with Crippen LogP contribution in [0.2, 0.25) is 0 Å². The Morgan fingerprint density at radius 1 is 1.30 bits per heavy atom. The van der Waals surface area contributed by atoms with E-state index in [1.165, 1.54) is 0 Å². The van der Waals surface area contributed by atoms with E-state index in [2.05, 4.69) is 25.9 Å². The van der Waals surface area contributed by atoms with Crippen LogP contribution in [0.25, 0.3) is 5.69 Å². The number of H-pyrrole nitrogens is 1. The number of aromatic amines is 1. The first-order chi connectivity index (χ1) is 9.52. The number of aromatic nitrogens is 2. The van der Waals surface area contributed by atoms with Gasteiger partial charge in [-0.15, -0.1) is 0 Å². The van der Waals surface area contributed by atoms with Gasteiger partial charge < -0.3 is 0 Å². The van der Waals surface area contributed by atoms with E-state index in [4.69, 9.17) is 0 Å². The van der Waals surface area contributed by atoms with Gasteiger partial charge in [0.1, 0.15) is 0 Å². The fourth-order valence-corrected chi connectivity index (χ4v) is 2.54. The Balaban J connectivity index is 2.52. The second-order valence-corrected chi connectivity index (χ2v) is 5.90. The first-order valence-electron chi connectivity index (χ1n) is 7.42. The zero-order valence-electron chi connectivity index (χ0n) is 12.9. The maximum absolute atomic E-state index is 12.6. The fraction of sp³-hybridized carbons (Fsp3) is 0.471. The molecule has 0 saturated carbocycles. The largest absolute Gasteiger partial charge is 0.295 e. The first-order valence-corrected chi connectivity index (χ1v) is 7.42. The van der Waals surface area contributed by atoms with E-state index in [-0.39, 0.29) is 5.56 Å². The number of nitrogens with one attached hydrogen (secondary N) is 1. The average molecular weight is 272 g/mol. The van der Waals surface area contributed by atoms with Gasteiger partial charge in [-0.05, 0) is 43.4 Å². The molecular formula is C17H24N2O. The van der Waals surface area contributed by atoms with Crippen LogP contribution in [0.4, 0.5) is 0 Å². The summed E-state index contributed by atoms with van der Waals surface area (Å²) < 4.78 is 1.69. The molecule has 2 aromatic rings. The van der Waals surface area contributed by atoms with Gasteiger partial charge >= 0.3 is 0 Å². The third-order valence-corrected chi connectivity index (χ3v) is 3.44. The minimum atomic E-state index is 0.104. The molecule has 1 aromatic heterocycles. The minimum Gasteiger partial charge on any atom is -0.295 e. The van der Waals surface area contributed by atoms with Gasteiger partial charge in [0.2, 0.25) is 0 Å². The number of hydrogen-bond acceptors (Lipinski definition) is 1. The molecular weight excluding hydrogens is 248 g/mol. The molecule has 0 aliphatic carbocycles. The lowest BCUT2D eigenvalue weighted by molar-refractivity contribution is 0.639. The monoisotopic (exact) mass is 272 g/mol. The van der Waals surface area contributed by atoms with E-state index < -0.39 is 0 Å². The molecule has 1 N–H and O–H groups in total. The fourth-order valence-electron chi connectivity index (χ4n) is 2.54. The van der Waals surface area contributed by atoms with Crippen LogP contribution in [0.1, 0.15) is 44.0 Å². The first kappa shape index (κ1) is 14.6. The van der Waals surface area contributed by atoms with Crippen molar-refractivity contribution in [2.45, 2.75) is 47.0 Å². The van der Waals surface area contributed by atoms with Crippen LogP contribution in [0.15, 0.2) is 29.1 Å². The van der Waals surface area contributed by atoms with Crippen molar-refractivity contribution in [1.82, 2.24) is 9.78 Å². The molecule has 1 heterocycles. The highest BCUT2D eigenvalue weighted by Crippen LogP contribution is 2.14. The van der Waals surface area contributed by atoms with Crippen molar-refractivity contribution < 1.29 is 0 Å². The van der Waals surface area contributed by atoms with Crippen LogP contribution < -0.4 is 5.56 Å². The summed E-state index contributed by atoms with van der Waals surface area (Å²) in [6.07, 6.45) is 2.80. The SMILES string of the molecule is CCCc1[nH]n(-c2cccc(C)c2)c(=O)c1CC(C)C. The third kappa shape index (κ3) is 3.03. The minimum absolute atomic E-state index is 0.104. The molecule has 2 rings (SSSR count). The van der Waals surface area contributed by atoms with Gasteiger partial charge in [-0.25, -0.2) is 4.68 Å². The lowest BCUT2D eigenvalue weighted by atomic mass is 10.0. The standard InChI is InChI=1S/C17H24N2O/c1-5-7-16-15(10-12(2)3)17(20)19(18-16)14-9-6-8-13(4)11-14/h6,8-9,11-12,18H,5,7,10H2,1-4H3. The van der Waals surface area contributed by atoms with Crippen molar-refractivity contribution in [3.63, 3.8) is 0 Å². The summed E-state index contributed by atoms with van der Waals surface area (Å²) in [4.78, 5) is 12.6. The van der Waals surface area contributed by atoms with Gasteiger partial charge in [-0.2, -0.15) is 0 Å². The molecule has 0 amide bonds. The molecule has 20 heavy (non-hydrogen) atoms. The smallest absolute Gasteiger partial charge is 0.274 e. The Labute approximate surface area is 120 Å². The van der Waals surface area contributed by atoms with E-state index in [9.17, 15) is 4.79 Å². The molecule has 3 heteroatoms. The number of aryl methyl sites for hydroxylation is 2. The second kappa shape index (κ2) is 6.12. The van der Waals surface area contributed by atoms with Gasteiger partial charge in [-0.3, -0.25) is 9.89 Å². The summed E-state index contributed by atoms with van der Waals surface area (Å²) >= 11 is 0. The number of hydrogen-bond donors (Lipinski definition) is 1. The quantitative estimate of drug-likeness (QED) is 0.887. The van der Waals surface area contributed by atoms with Crippen molar-refractivity contribution in [1.29, 1.82) is 0 Å². The Morgan fingerprint density at radius 3 is 2.65 bits per heavy atom. The highest BCUT2D eigenvalue weighted by Gasteiger charge is 2.15. The van der Waals surface area contributed by atoms with Crippen LogP contribution in [-0.2, 0) is 12.8 Å². The van der Waals surface area contributed by atoms with Crippen LogP contribution in [-0.4, -0.2) is 9.78 Å². The van der Waals surface area contributed by atoms with Crippen molar-refractivity contribution >= 4 is 0 Å². The molecule has 0 atom stereocenters. The van der Waals surface area contributed by atoms with Crippen LogP contribution in [0.3, 0.4) is 0 Å². The Hall–Kier alpha value is -1.77. The summed E-state index contributed by atoms with van der Waals surface area (Å²) in [6, 6.07) is 8.03. The van der Waals surface area contributed by atoms with E-state index in [1.807, 2.05) is 31.2 Å². The third-order valence-electron chi connectivity index (χ3n) is 3.44. The number of rotatable bonds is 5. The topological polar surface area (TPSA) is 37.8 Å². The summed E-state index contributed by atoms with van der Waals surface area (Å²) in [6.45, 7) is 8.49. The number of nitrogens with zero attached hydrogens (tertiary/aromatic N) is 1. The van der Waals surface area contributed by atoms with Gasteiger partial charge in [0.05, 0.1) is 5.69 Å². The molecule has 0 bridgehead atoms. The summed E-state index contributed by atoms with van der Waals surface area (Å²) in [5.74, 6) is 0.486. The number of benzene rings is 1. The van der Waals surface area contributed by atoms with Gasteiger partial charge in [0, 0.05) is 11.3 Å². The average Bonchev–Trinajstić information content (AvgIpc) is 2.68. The van der Waals surface area contributed by atoms with Crippen molar-refractivity contribution in [3.05, 3.63) is 51.4 Å². The maximum Gasteiger partial charge on any atom is 0.274 e. The summed E-state index contributed by atoms with van der Waals surface area (Å²) in [5.41, 5.74) is 4.22.